The molecular weight excluding hydrogens is 821 g/mol. The maximum Gasteiger partial charge on any atom is 0.445 e. The molecule has 0 saturated carbocycles. The Morgan fingerprint density at radius 3 is 1.77 bits per heavy atom. The highest BCUT2D eigenvalue weighted by atomic mass is 28.4. The first-order valence-corrected chi connectivity index (χ1v) is 23.9. The molecule has 0 bridgehead atoms. The van der Waals surface area contributed by atoms with Crippen LogP contribution in [0.2, 0.25) is 12.1 Å². The summed E-state index contributed by atoms with van der Waals surface area (Å²) in [7, 11) is -7.26. The summed E-state index contributed by atoms with van der Waals surface area (Å²) in [5, 5.41) is 6.59. The number of imidazole rings is 2. The monoisotopic (exact) mass is 866 g/mol. The quantitative estimate of drug-likeness (QED) is 0.0651. The van der Waals surface area contributed by atoms with Crippen molar-refractivity contribution < 1.29 is 45.1 Å². The van der Waals surface area contributed by atoms with Gasteiger partial charge in [0.2, 0.25) is 11.8 Å². The van der Waals surface area contributed by atoms with Crippen LogP contribution >= 0.6 is 0 Å². The van der Waals surface area contributed by atoms with Gasteiger partial charge in [-0.05, 0) is 46.0 Å². The van der Waals surface area contributed by atoms with Crippen molar-refractivity contribution in [1.29, 1.82) is 0 Å². The van der Waals surface area contributed by atoms with Gasteiger partial charge in [0, 0.05) is 17.5 Å². The van der Waals surface area contributed by atoms with Crippen molar-refractivity contribution in [2.45, 2.75) is 64.0 Å². The lowest BCUT2D eigenvalue weighted by molar-refractivity contribution is -0.136. The highest BCUT2D eigenvalue weighted by molar-refractivity contribution is 6.68. The Bertz CT molecular complexity index is 2450. The molecule has 0 aliphatic carbocycles. The minimum atomic E-state index is -4.80. The normalized spacial score (nSPS) is 19.5. The minimum absolute atomic E-state index is 0.230. The van der Waals surface area contributed by atoms with Gasteiger partial charge in [-0.3, -0.25) is 26.0 Å². The Labute approximate surface area is 345 Å². The summed E-state index contributed by atoms with van der Waals surface area (Å²) >= 11 is 0. The van der Waals surface area contributed by atoms with Gasteiger partial charge in [-0.25, -0.2) is 19.6 Å². The van der Waals surface area contributed by atoms with Crippen LogP contribution in [0.4, 0.5) is 26.0 Å². The lowest BCUT2D eigenvalue weighted by Gasteiger charge is -2.29. The number of carbonyl (C=O) groups is 4. The van der Waals surface area contributed by atoms with E-state index < -0.39 is 90.1 Å². The zero-order chi connectivity index (χ0) is 43.3. The summed E-state index contributed by atoms with van der Waals surface area (Å²) in [6.45, 7) is 6.85. The molecule has 7 rings (SSSR count). The number of alkyl carbamates (subject to hydrolysis) is 2. The lowest BCUT2D eigenvalue weighted by atomic mass is 9.99. The van der Waals surface area contributed by atoms with Crippen molar-refractivity contribution in [2.24, 2.45) is 11.8 Å². The molecule has 2 aliphatic rings. The second kappa shape index (κ2) is 16.4. The van der Waals surface area contributed by atoms with Crippen LogP contribution in [0.5, 0.6) is 0 Å². The van der Waals surface area contributed by atoms with E-state index in [1.54, 1.807) is 33.9 Å². The summed E-state index contributed by atoms with van der Waals surface area (Å²) in [6, 6.07) is 12.0. The van der Waals surface area contributed by atoms with Crippen molar-refractivity contribution in [2.75, 3.05) is 26.6 Å². The molecule has 2 aromatic heterocycles. The highest BCUT2D eigenvalue weighted by Gasteiger charge is 2.55. The number of hydrogen-bond acceptors (Lipinski definition) is 8. The zero-order valence-corrected chi connectivity index (χ0v) is 35.8. The minimum Gasteiger partial charge on any atom is -0.453 e. The molecule has 0 unspecified atom stereocenters. The molecule has 3 aromatic carbocycles. The number of nitrogens with zero attached hydrogens (tertiary/aromatic N) is 4. The molecular formula is C40H46F4N8O6Si2. The van der Waals surface area contributed by atoms with E-state index >= 15 is 8.22 Å². The Hall–Kier alpha value is -5.77. The molecule has 0 spiro atoms. The first-order valence-electron chi connectivity index (χ1n) is 19.5. The molecule has 2 saturated heterocycles. The standard InChI is InChI=1S/C40H46F4N8O6Si2/c1-21(2)32(49-39(55)57-5)37(53)51-19-59(41,42)17-30(51)35-45-16-29(47-35)24-9-7-23(8-10-24)25-11-13-27-26(15-25)12-14-28-34(27)48-36(46-28)31-18-60(43,44)20-52(31)38(54)33(22(3)4)50-40(56)58-6/h7-16,21-22,30-33H,17-20H2,1-6H3,(H,45,47)(H,46,48)(H,49,55)(H,50,56)/t30-,31-,32-,33-/m0/s1. The fourth-order valence-corrected chi connectivity index (χ4v) is 12.0. The molecule has 2 aliphatic heterocycles. The van der Waals surface area contributed by atoms with E-state index in [2.05, 4.69) is 35.1 Å². The van der Waals surface area contributed by atoms with E-state index in [1.807, 2.05) is 54.6 Å². The summed E-state index contributed by atoms with van der Waals surface area (Å²) in [6.07, 6.45) is -1.47. The van der Waals surface area contributed by atoms with Gasteiger partial charge in [-0.15, -0.1) is 0 Å². The lowest BCUT2D eigenvalue weighted by Crippen LogP contribution is -2.51. The van der Waals surface area contributed by atoms with Crippen LogP contribution < -0.4 is 10.6 Å². The molecule has 4 atom stereocenters. The van der Waals surface area contributed by atoms with Gasteiger partial charge in [-0.2, -0.15) is 0 Å². The molecule has 14 nitrogen and oxygen atoms in total. The predicted molar refractivity (Wildman–Crippen MR) is 219 cm³/mol. The first kappa shape index (κ1) is 42.4. The van der Waals surface area contributed by atoms with Crippen LogP contribution in [0.1, 0.15) is 51.4 Å². The van der Waals surface area contributed by atoms with E-state index in [4.69, 9.17) is 4.98 Å². The van der Waals surface area contributed by atoms with Crippen molar-refractivity contribution in [3.05, 3.63) is 72.4 Å². The van der Waals surface area contributed by atoms with Gasteiger partial charge in [0.15, 0.2) is 0 Å². The van der Waals surface area contributed by atoms with Crippen LogP contribution in [0.15, 0.2) is 60.8 Å². The van der Waals surface area contributed by atoms with Gasteiger partial charge in [0.25, 0.3) is 0 Å². The molecule has 4 heterocycles. The number of halogens is 4. The number of amides is 4. The number of ether oxygens (including phenoxy) is 2. The molecule has 318 valence electrons. The molecule has 60 heavy (non-hydrogen) atoms. The Kier molecular flexibility index (Phi) is 11.5. The van der Waals surface area contributed by atoms with Crippen molar-refractivity contribution in [3.8, 4) is 22.4 Å². The number of benzene rings is 3. The number of aromatic nitrogens is 4. The summed E-state index contributed by atoms with van der Waals surface area (Å²) < 4.78 is 69.4. The molecule has 5 aromatic rings. The van der Waals surface area contributed by atoms with Gasteiger partial charge in [0.05, 0.1) is 61.6 Å². The van der Waals surface area contributed by atoms with E-state index in [1.165, 1.54) is 7.11 Å². The van der Waals surface area contributed by atoms with Crippen LogP contribution in [-0.2, 0) is 19.1 Å². The third kappa shape index (κ3) is 8.47. The number of rotatable bonds is 10. The Balaban J connectivity index is 1.11. The Morgan fingerprint density at radius 2 is 1.23 bits per heavy atom. The average Bonchev–Trinajstić information content (AvgIpc) is 4.01. The topological polar surface area (TPSA) is 175 Å². The van der Waals surface area contributed by atoms with E-state index in [-0.39, 0.29) is 23.5 Å². The number of carbonyl (C=O) groups excluding carboxylic acids is 4. The number of methoxy groups -OCH3 is 2. The fraction of sp³-hybridized carbons (Fsp3) is 0.400. The predicted octanol–water partition coefficient (Wildman–Crippen LogP) is 7.14. The highest BCUT2D eigenvalue weighted by Crippen LogP contribution is 2.42. The molecule has 2 fully saturated rings. The van der Waals surface area contributed by atoms with Crippen LogP contribution in [0.3, 0.4) is 0 Å². The van der Waals surface area contributed by atoms with E-state index in [9.17, 15) is 27.4 Å². The maximum absolute atomic E-state index is 15.1. The zero-order valence-electron chi connectivity index (χ0n) is 33.8. The summed E-state index contributed by atoms with van der Waals surface area (Å²) in [5.41, 5.74) is 4.28. The third-order valence-electron chi connectivity index (χ3n) is 11.1. The summed E-state index contributed by atoms with van der Waals surface area (Å²) in [4.78, 5) is 68.9. The molecule has 0 radical (unpaired) electrons. The second-order valence-electron chi connectivity index (χ2n) is 16.1. The van der Waals surface area contributed by atoms with Gasteiger partial charge < -0.3 is 39.9 Å². The van der Waals surface area contributed by atoms with Gasteiger partial charge >= 0.3 is 29.7 Å². The van der Waals surface area contributed by atoms with Gasteiger partial charge in [-0.1, -0.05) is 70.2 Å². The van der Waals surface area contributed by atoms with Crippen molar-refractivity contribution >= 4 is 63.3 Å². The SMILES string of the molecule is COC(=O)N[C@H](C(=O)N1C[Si](F)(F)C[C@H]1c1ncc(-c2ccc(-c3ccc4c(ccc5[nH]c([C@@H]6C[Si](F)(F)CN6C(=O)[C@@H](NC(=O)OC)C(C)C)nc54)c3)cc2)[nH]1)C(C)C. The molecule has 4 amide bonds. The van der Waals surface area contributed by atoms with Crippen LogP contribution in [-0.4, -0.2) is 110 Å². The van der Waals surface area contributed by atoms with Crippen molar-refractivity contribution in [1.82, 2.24) is 40.4 Å². The molecule has 20 heteroatoms. The number of nitrogens with one attached hydrogen (secondary N) is 4. The van der Waals surface area contributed by atoms with Crippen molar-refractivity contribution in [3.63, 3.8) is 0 Å². The number of H-pyrrole nitrogens is 2. The Morgan fingerprint density at radius 1 is 0.717 bits per heavy atom. The first-order chi connectivity index (χ1) is 28.4. The average molecular weight is 867 g/mol. The van der Waals surface area contributed by atoms with Crippen LogP contribution in [0, 0.1) is 11.8 Å². The number of hydrogen-bond donors (Lipinski definition) is 4. The fourth-order valence-electron chi connectivity index (χ4n) is 8.00. The largest absolute Gasteiger partial charge is 0.453 e. The smallest absolute Gasteiger partial charge is 0.445 e. The van der Waals surface area contributed by atoms with Gasteiger partial charge in [0.1, 0.15) is 23.7 Å². The maximum atomic E-state index is 15.1. The van der Waals surface area contributed by atoms with Crippen LogP contribution in [0.25, 0.3) is 44.2 Å². The molecule has 4 N–H and O–H groups in total. The summed E-state index contributed by atoms with van der Waals surface area (Å²) in [5.74, 6) is -1.53. The second-order valence-corrected chi connectivity index (χ2v) is 21.0. The number of aromatic amines is 2. The van der Waals surface area contributed by atoms with E-state index in [0.29, 0.717) is 16.7 Å². The third-order valence-corrected chi connectivity index (χ3v) is 14.7. The number of fused-ring (bicyclic) bond motifs is 3. The van der Waals surface area contributed by atoms with E-state index in [0.717, 1.165) is 44.4 Å².